The van der Waals surface area contributed by atoms with Gasteiger partial charge in [-0.25, -0.2) is 9.78 Å². The summed E-state index contributed by atoms with van der Waals surface area (Å²) in [7, 11) is 0. The molecule has 0 aliphatic carbocycles. The van der Waals surface area contributed by atoms with Gasteiger partial charge in [0, 0.05) is 0 Å². The molecule has 0 N–H and O–H groups in total. The molecule has 2 rings (SSSR count). The van der Waals surface area contributed by atoms with Crippen molar-refractivity contribution in [2.45, 2.75) is 39.3 Å². The topological polar surface area (TPSA) is 53.3 Å². The maximum absolute atomic E-state index is 12.3. The SMILES string of the molecule is CC(C)OC(=O)c1cncn1C(C)c1cccc(OC(F)(F)F)c1. The number of imidazole rings is 1. The molecular weight excluding hydrogens is 325 g/mol. The van der Waals surface area contributed by atoms with Gasteiger partial charge in [-0.1, -0.05) is 12.1 Å². The Morgan fingerprint density at radius 3 is 2.58 bits per heavy atom. The first-order chi connectivity index (χ1) is 11.2. The van der Waals surface area contributed by atoms with Crippen LogP contribution in [0.2, 0.25) is 0 Å². The van der Waals surface area contributed by atoms with Gasteiger partial charge in [-0.2, -0.15) is 0 Å². The summed E-state index contributed by atoms with van der Waals surface area (Å²) in [5.74, 6) is -0.865. The number of carbonyl (C=O) groups excluding carboxylic acids is 1. The van der Waals surface area contributed by atoms with Crippen LogP contribution in [0, 0.1) is 0 Å². The third-order valence-corrected chi connectivity index (χ3v) is 3.21. The number of hydrogen-bond donors (Lipinski definition) is 0. The van der Waals surface area contributed by atoms with Gasteiger partial charge in [0.2, 0.25) is 0 Å². The number of ether oxygens (including phenoxy) is 2. The van der Waals surface area contributed by atoms with E-state index in [0.29, 0.717) is 5.56 Å². The zero-order valence-corrected chi connectivity index (χ0v) is 13.4. The highest BCUT2D eigenvalue weighted by atomic mass is 19.4. The number of carbonyl (C=O) groups is 1. The second kappa shape index (κ2) is 6.94. The summed E-state index contributed by atoms with van der Waals surface area (Å²) < 4.78 is 47.6. The van der Waals surface area contributed by atoms with Crippen molar-refractivity contribution < 1.29 is 27.4 Å². The summed E-state index contributed by atoms with van der Waals surface area (Å²) in [6, 6.07) is 5.15. The van der Waals surface area contributed by atoms with Gasteiger partial charge in [0.1, 0.15) is 11.4 Å². The minimum atomic E-state index is -4.76. The fraction of sp³-hybridized carbons (Fsp3) is 0.375. The molecular formula is C16H17F3N2O3. The van der Waals surface area contributed by atoms with E-state index < -0.39 is 18.4 Å². The molecule has 0 saturated heterocycles. The van der Waals surface area contributed by atoms with Gasteiger partial charge in [-0.3, -0.25) is 0 Å². The van der Waals surface area contributed by atoms with Crippen molar-refractivity contribution in [3.8, 4) is 5.75 Å². The summed E-state index contributed by atoms with van der Waals surface area (Å²) in [6.07, 6.45) is -2.26. The van der Waals surface area contributed by atoms with Gasteiger partial charge in [0.05, 0.1) is 24.7 Å². The van der Waals surface area contributed by atoms with E-state index >= 15 is 0 Å². The quantitative estimate of drug-likeness (QED) is 0.772. The molecule has 0 saturated carbocycles. The molecule has 0 bridgehead atoms. The number of nitrogens with zero attached hydrogens (tertiary/aromatic N) is 2. The van der Waals surface area contributed by atoms with E-state index in [1.54, 1.807) is 26.8 Å². The third kappa shape index (κ3) is 4.50. The zero-order valence-electron chi connectivity index (χ0n) is 13.4. The Labute approximate surface area is 137 Å². The van der Waals surface area contributed by atoms with E-state index in [1.807, 2.05) is 0 Å². The molecule has 24 heavy (non-hydrogen) atoms. The number of alkyl halides is 3. The molecule has 0 spiro atoms. The highest BCUT2D eigenvalue weighted by Crippen LogP contribution is 2.27. The molecule has 1 unspecified atom stereocenters. The molecule has 1 aromatic carbocycles. The van der Waals surface area contributed by atoms with Crippen LogP contribution in [0.4, 0.5) is 13.2 Å². The van der Waals surface area contributed by atoms with E-state index in [4.69, 9.17) is 4.74 Å². The lowest BCUT2D eigenvalue weighted by molar-refractivity contribution is -0.274. The Morgan fingerprint density at radius 1 is 1.25 bits per heavy atom. The van der Waals surface area contributed by atoms with Gasteiger partial charge in [-0.15, -0.1) is 13.2 Å². The second-order valence-corrected chi connectivity index (χ2v) is 5.44. The Balaban J connectivity index is 2.27. The number of hydrogen-bond acceptors (Lipinski definition) is 4. The maximum atomic E-state index is 12.3. The van der Waals surface area contributed by atoms with E-state index in [-0.39, 0.29) is 17.5 Å². The van der Waals surface area contributed by atoms with E-state index in [9.17, 15) is 18.0 Å². The van der Waals surface area contributed by atoms with Gasteiger partial charge in [0.25, 0.3) is 0 Å². The molecule has 0 aliphatic heterocycles. The average Bonchev–Trinajstić information content (AvgIpc) is 2.93. The van der Waals surface area contributed by atoms with E-state index in [2.05, 4.69) is 9.72 Å². The number of benzene rings is 1. The Bertz CT molecular complexity index is 711. The normalized spacial score (nSPS) is 13.0. The van der Waals surface area contributed by atoms with Gasteiger partial charge in [0.15, 0.2) is 0 Å². The largest absolute Gasteiger partial charge is 0.573 e. The summed E-state index contributed by atoms with van der Waals surface area (Å²) in [4.78, 5) is 16.0. The molecule has 0 radical (unpaired) electrons. The highest BCUT2D eigenvalue weighted by molar-refractivity contribution is 5.87. The van der Waals surface area contributed by atoms with Gasteiger partial charge >= 0.3 is 12.3 Å². The standard InChI is InChI=1S/C16H17F3N2O3/c1-10(2)23-15(22)14-8-20-9-21(14)11(3)12-5-4-6-13(7-12)24-16(17,18)19/h4-11H,1-3H3. The van der Waals surface area contributed by atoms with Crippen molar-refractivity contribution in [3.05, 3.63) is 48.0 Å². The molecule has 1 heterocycles. The zero-order chi connectivity index (χ0) is 17.9. The molecule has 2 aromatic rings. The first-order valence-corrected chi connectivity index (χ1v) is 7.26. The van der Waals surface area contributed by atoms with Crippen molar-refractivity contribution in [3.63, 3.8) is 0 Å². The Kier molecular flexibility index (Phi) is 5.16. The predicted molar refractivity (Wildman–Crippen MR) is 79.7 cm³/mol. The molecule has 130 valence electrons. The number of esters is 1. The van der Waals surface area contributed by atoms with Crippen molar-refractivity contribution >= 4 is 5.97 Å². The molecule has 0 aliphatic rings. The van der Waals surface area contributed by atoms with Crippen LogP contribution in [0.3, 0.4) is 0 Å². The summed E-state index contributed by atoms with van der Waals surface area (Å²) in [6.45, 7) is 5.18. The van der Waals surface area contributed by atoms with Crippen LogP contribution in [0.5, 0.6) is 5.75 Å². The average molecular weight is 342 g/mol. The first-order valence-electron chi connectivity index (χ1n) is 7.26. The number of aromatic nitrogens is 2. The smallest absolute Gasteiger partial charge is 0.458 e. The molecule has 0 amide bonds. The van der Waals surface area contributed by atoms with E-state index in [0.717, 1.165) is 0 Å². The summed E-state index contributed by atoms with van der Waals surface area (Å²) in [5, 5.41) is 0. The maximum Gasteiger partial charge on any atom is 0.573 e. The summed E-state index contributed by atoms with van der Waals surface area (Å²) >= 11 is 0. The molecule has 0 fully saturated rings. The summed E-state index contributed by atoms with van der Waals surface area (Å²) in [5.41, 5.74) is 0.756. The van der Waals surface area contributed by atoms with Crippen LogP contribution in [-0.2, 0) is 4.74 Å². The lowest BCUT2D eigenvalue weighted by Crippen LogP contribution is -2.19. The molecule has 8 heteroatoms. The van der Waals surface area contributed by atoms with Gasteiger partial charge in [-0.05, 0) is 38.5 Å². The minimum Gasteiger partial charge on any atom is -0.458 e. The van der Waals surface area contributed by atoms with Crippen LogP contribution in [0.15, 0.2) is 36.8 Å². The van der Waals surface area contributed by atoms with Crippen LogP contribution in [-0.4, -0.2) is 28.0 Å². The fourth-order valence-electron chi connectivity index (χ4n) is 2.18. The fourth-order valence-corrected chi connectivity index (χ4v) is 2.18. The molecule has 5 nitrogen and oxygen atoms in total. The van der Waals surface area contributed by atoms with Crippen molar-refractivity contribution in [2.24, 2.45) is 0 Å². The van der Waals surface area contributed by atoms with Crippen molar-refractivity contribution in [1.29, 1.82) is 0 Å². The molecule has 1 atom stereocenters. The van der Waals surface area contributed by atoms with Crippen LogP contribution in [0.1, 0.15) is 42.9 Å². The van der Waals surface area contributed by atoms with Crippen LogP contribution >= 0.6 is 0 Å². The first kappa shape index (κ1) is 17.8. The van der Waals surface area contributed by atoms with Crippen molar-refractivity contribution in [1.82, 2.24) is 9.55 Å². The highest BCUT2D eigenvalue weighted by Gasteiger charge is 2.31. The Morgan fingerprint density at radius 2 is 1.96 bits per heavy atom. The van der Waals surface area contributed by atoms with Gasteiger partial charge < -0.3 is 14.0 Å². The van der Waals surface area contributed by atoms with Crippen LogP contribution in [0.25, 0.3) is 0 Å². The lowest BCUT2D eigenvalue weighted by Gasteiger charge is -2.18. The van der Waals surface area contributed by atoms with Crippen molar-refractivity contribution in [2.75, 3.05) is 0 Å². The van der Waals surface area contributed by atoms with Crippen LogP contribution < -0.4 is 4.74 Å². The lowest BCUT2D eigenvalue weighted by atomic mass is 10.1. The number of rotatable bonds is 5. The second-order valence-electron chi connectivity index (χ2n) is 5.44. The minimum absolute atomic E-state index is 0.221. The predicted octanol–water partition coefficient (Wildman–Crippen LogP) is 3.96. The van der Waals surface area contributed by atoms with E-state index in [1.165, 1.54) is 35.3 Å². The number of halogens is 3. The monoisotopic (exact) mass is 342 g/mol. The molecule has 1 aromatic heterocycles. The Hall–Kier alpha value is -2.51. The third-order valence-electron chi connectivity index (χ3n) is 3.21.